The van der Waals surface area contributed by atoms with E-state index in [9.17, 15) is 4.79 Å². The second-order valence-corrected chi connectivity index (χ2v) is 3.42. The fourth-order valence-electron chi connectivity index (χ4n) is 1.17. The van der Waals surface area contributed by atoms with Gasteiger partial charge in [-0.05, 0) is 37.2 Å². The van der Waals surface area contributed by atoms with E-state index in [0.29, 0.717) is 23.6 Å². The van der Waals surface area contributed by atoms with Crippen molar-refractivity contribution in [3.05, 3.63) is 34.3 Å². The van der Waals surface area contributed by atoms with Crippen LogP contribution in [-0.4, -0.2) is 12.3 Å². The Balaban J connectivity index is 2.94. The first kappa shape index (κ1) is 10.2. The van der Waals surface area contributed by atoms with Crippen molar-refractivity contribution in [3.63, 3.8) is 0 Å². The summed E-state index contributed by atoms with van der Waals surface area (Å²) in [5, 5.41) is 0.598. The highest BCUT2D eigenvalue weighted by atomic mass is 35.5. The zero-order valence-corrected chi connectivity index (χ0v) is 8.27. The van der Waals surface area contributed by atoms with Crippen LogP contribution in [0.15, 0.2) is 18.2 Å². The third-order valence-corrected chi connectivity index (χ3v) is 1.95. The molecule has 0 fully saturated rings. The van der Waals surface area contributed by atoms with E-state index < -0.39 is 0 Å². The summed E-state index contributed by atoms with van der Waals surface area (Å²) in [4.78, 5) is 11.4. The van der Waals surface area contributed by atoms with Crippen LogP contribution >= 0.6 is 11.6 Å². The van der Waals surface area contributed by atoms with Gasteiger partial charge in [0, 0.05) is 17.0 Å². The highest BCUT2D eigenvalue weighted by Gasteiger charge is 2.05. The maximum absolute atomic E-state index is 11.4. The number of halogens is 1. The number of ketones is 1. The first-order valence-electron chi connectivity index (χ1n) is 4.14. The van der Waals surface area contributed by atoms with Crippen molar-refractivity contribution in [2.24, 2.45) is 5.73 Å². The Morgan fingerprint density at radius 3 is 2.69 bits per heavy atom. The van der Waals surface area contributed by atoms with Crippen molar-refractivity contribution in [1.82, 2.24) is 0 Å². The molecule has 0 aromatic heterocycles. The minimum absolute atomic E-state index is 0.0492. The number of rotatable bonds is 3. The summed E-state index contributed by atoms with van der Waals surface area (Å²) in [7, 11) is 0. The molecule has 0 saturated heterocycles. The Kier molecular flexibility index (Phi) is 3.46. The van der Waals surface area contributed by atoms with Crippen molar-refractivity contribution >= 4 is 17.4 Å². The quantitative estimate of drug-likeness (QED) is 0.755. The number of hydrogen-bond donors (Lipinski definition) is 1. The molecule has 1 aromatic carbocycles. The Hall–Kier alpha value is -0.860. The lowest BCUT2D eigenvalue weighted by molar-refractivity contribution is 0.0985. The molecule has 1 rings (SSSR count). The average molecular weight is 198 g/mol. The molecule has 0 unspecified atom stereocenters. The predicted molar refractivity (Wildman–Crippen MR) is 54.2 cm³/mol. The molecule has 2 N–H and O–H groups in total. The van der Waals surface area contributed by atoms with E-state index in [4.69, 9.17) is 17.3 Å². The lowest BCUT2D eigenvalue weighted by atomic mass is 10.1. The van der Waals surface area contributed by atoms with Crippen molar-refractivity contribution in [3.8, 4) is 0 Å². The summed E-state index contributed by atoms with van der Waals surface area (Å²) in [6.45, 7) is 2.29. The van der Waals surface area contributed by atoms with E-state index in [1.807, 2.05) is 19.1 Å². The fourth-order valence-corrected chi connectivity index (χ4v) is 1.46. The molecule has 13 heavy (non-hydrogen) atoms. The monoisotopic (exact) mass is 197 g/mol. The summed E-state index contributed by atoms with van der Waals surface area (Å²) in [6, 6.07) is 5.32. The topological polar surface area (TPSA) is 43.1 Å². The molecule has 2 nitrogen and oxygen atoms in total. The van der Waals surface area contributed by atoms with Gasteiger partial charge in [0.1, 0.15) is 0 Å². The zero-order valence-electron chi connectivity index (χ0n) is 7.51. The molecule has 0 aliphatic carbocycles. The maximum atomic E-state index is 11.4. The molecule has 3 heteroatoms. The minimum Gasteiger partial charge on any atom is -0.330 e. The molecule has 70 valence electrons. The van der Waals surface area contributed by atoms with Gasteiger partial charge in [0.2, 0.25) is 0 Å². The molecule has 0 bridgehead atoms. The first-order chi connectivity index (χ1) is 6.13. The van der Waals surface area contributed by atoms with E-state index >= 15 is 0 Å². The smallest absolute Gasteiger partial charge is 0.164 e. The standard InChI is InChI=1S/C10H12ClNO/c1-7-4-8(6-9(11)5-7)10(13)2-3-12/h4-6H,2-3,12H2,1H3. The van der Waals surface area contributed by atoms with E-state index in [1.54, 1.807) is 6.07 Å². The second-order valence-electron chi connectivity index (χ2n) is 2.98. The third-order valence-electron chi connectivity index (χ3n) is 1.74. The van der Waals surface area contributed by atoms with Crippen molar-refractivity contribution in [2.45, 2.75) is 13.3 Å². The largest absolute Gasteiger partial charge is 0.330 e. The molecule has 0 atom stereocenters. The van der Waals surface area contributed by atoms with Crippen molar-refractivity contribution in [1.29, 1.82) is 0 Å². The molecule has 0 aliphatic heterocycles. The van der Waals surface area contributed by atoms with E-state index in [2.05, 4.69) is 0 Å². The highest BCUT2D eigenvalue weighted by molar-refractivity contribution is 6.31. The van der Waals surface area contributed by atoms with Crippen LogP contribution in [0.1, 0.15) is 22.3 Å². The SMILES string of the molecule is Cc1cc(Cl)cc(C(=O)CCN)c1. The van der Waals surface area contributed by atoms with Gasteiger partial charge in [-0.25, -0.2) is 0 Å². The summed E-state index contributed by atoms with van der Waals surface area (Å²) in [5.41, 5.74) is 6.93. The molecule has 0 aliphatic rings. The van der Waals surface area contributed by atoms with E-state index in [1.165, 1.54) is 0 Å². The average Bonchev–Trinajstić information content (AvgIpc) is 2.03. The van der Waals surface area contributed by atoms with Gasteiger partial charge >= 0.3 is 0 Å². The minimum atomic E-state index is 0.0492. The van der Waals surface area contributed by atoms with Gasteiger partial charge in [-0.15, -0.1) is 0 Å². The number of nitrogens with two attached hydrogens (primary N) is 1. The second kappa shape index (κ2) is 4.40. The molecule has 0 saturated carbocycles. The number of Topliss-reactive ketones (excluding diaryl/α,β-unsaturated/α-hetero) is 1. The lowest BCUT2D eigenvalue weighted by Crippen LogP contribution is -2.08. The van der Waals surface area contributed by atoms with Gasteiger partial charge in [0.05, 0.1) is 0 Å². The van der Waals surface area contributed by atoms with Crippen LogP contribution in [0, 0.1) is 6.92 Å². The summed E-state index contributed by atoms with van der Waals surface area (Å²) in [5.74, 6) is 0.0492. The van der Waals surface area contributed by atoms with Gasteiger partial charge in [-0.1, -0.05) is 11.6 Å². The van der Waals surface area contributed by atoms with Crippen LogP contribution in [-0.2, 0) is 0 Å². The number of carbonyl (C=O) groups is 1. The summed E-state index contributed by atoms with van der Waals surface area (Å²) < 4.78 is 0. The molecular weight excluding hydrogens is 186 g/mol. The van der Waals surface area contributed by atoms with Gasteiger partial charge < -0.3 is 5.73 Å². The van der Waals surface area contributed by atoms with Crippen molar-refractivity contribution in [2.75, 3.05) is 6.54 Å². The van der Waals surface area contributed by atoms with Crippen LogP contribution in [0.25, 0.3) is 0 Å². The molecule has 1 aromatic rings. The maximum Gasteiger partial charge on any atom is 0.164 e. The van der Waals surface area contributed by atoms with Crippen LogP contribution in [0.5, 0.6) is 0 Å². The normalized spacial score (nSPS) is 10.1. The van der Waals surface area contributed by atoms with E-state index in [-0.39, 0.29) is 5.78 Å². The summed E-state index contributed by atoms with van der Waals surface area (Å²) >= 11 is 5.81. The Bertz CT molecular complexity index is 302. The fraction of sp³-hybridized carbons (Fsp3) is 0.300. The molecule has 0 amide bonds. The number of carbonyl (C=O) groups excluding carboxylic acids is 1. The molecular formula is C10H12ClNO. The van der Waals surface area contributed by atoms with Crippen LogP contribution in [0.2, 0.25) is 5.02 Å². The van der Waals surface area contributed by atoms with Gasteiger partial charge in [0.25, 0.3) is 0 Å². The highest BCUT2D eigenvalue weighted by Crippen LogP contribution is 2.15. The van der Waals surface area contributed by atoms with Gasteiger partial charge in [-0.2, -0.15) is 0 Å². The van der Waals surface area contributed by atoms with Gasteiger partial charge in [-0.3, -0.25) is 4.79 Å². The van der Waals surface area contributed by atoms with Gasteiger partial charge in [0.15, 0.2) is 5.78 Å². The lowest BCUT2D eigenvalue weighted by Gasteiger charge is -2.01. The number of aryl methyl sites for hydroxylation is 1. The van der Waals surface area contributed by atoms with Crippen LogP contribution < -0.4 is 5.73 Å². The summed E-state index contributed by atoms with van der Waals surface area (Å²) in [6.07, 6.45) is 0.375. The molecule has 0 heterocycles. The predicted octanol–water partition coefficient (Wildman–Crippen LogP) is 2.18. The third kappa shape index (κ3) is 2.83. The Morgan fingerprint density at radius 2 is 2.15 bits per heavy atom. The van der Waals surface area contributed by atoms with Crippen molar-refractivity contribution < 1.29 is 4.79 Å². The number of benzene rings is 1. The molecule has 0 radical (unpaired) electrons. The van der Waals surface area contributed by atoms with Crippen LogP contribution in [0.4, 0.5) is 0 Å². The Labute approximate surface area is 82.7 Å². The number of hydrogen-bond acceptors (Lipinski definition) is 2. The molecule has 0 spiro atoms. The zero-order chi connectivity index (χ0) is 9.84. The Morgan fingerprint density at radius 1 is 1.46 bits per heavy atom. The van der Waals surface area contributed by atoms with E-state index in [0.717, 1.165) is 5.56 Å². The van der Waals surface area contributed by atoms with Crippen LogP contribution in [0.3, 0.4) is 0 Å². The first-order valence-corrected chi connectivity index (χ1v) is 4.51.